The van der Waals surface area contributed by atoms with Crippen molar-refractivity contribution in [3.05, 3.63) is 58.9 Å². The van der Waals surface area contributed by atoms with Gasteiger partial charge in [0.1, 0.15) is 17.3 Å². The molecule has 154 valence electrons. The van der Waals surface area contributed by atoms with E-state index in [0.717, 1.165) is 33.9 Å². The molecule has 0 fully saturated rings. The van der Waals surface area contributed by atoms with Crippen molar-refractivity contribution < 1.29 is 13.9 Å². The second-order valence-corrected chi connectivity index (χ2v) is 6.67. The van der Waals surface area contributed by atoms with Gasteiger partial charge in [-0.25, -0.2) is 4.39 Å². The fraction of sp³-hybridized carbons (Fsp3) is 0.350. The highest BCUT2D eigenvalue weighted by Crippen LogP contribution is 2.24. The lowest BCUT2D eigenvalue weighted by Gasteiger charge is -2.16. The predicted molar refractivity (Wildman–Crippen MR) is 126 cm³/mol. The molecule has 0 heterocycles. The number of rotatable bonds is 8. The lowest BCUT2D eigenvalue weighted by molar-refractivity contribution is 0.390. The zero-order valence-electron chi connectivity index (χ0n) is 16.5. The molecule has 0 aliphatic carbocycles. The van der Waals surface area contributed by atoms with Crippen molar-refractivity contribution >= 4 is 41.7 Å². The maximum atomic E-state index is 13.5. The number of guanidine groups is 1. The van der Waals surface area contributed by atoms with E-state index in [9.17, 15) is 4.39 Å². The van der Waals surface area contributed by atoms with Crippen LogP contribution < -0.4 is 20.1 Å². The van der Waals surface area contributed by atoms with Crippen LogP contribution in [0.4, 0.5) is 4.39 Å². The summed E-state index contributed by atoms with van der Waals surface area (Å²) in [7, 11) is 4.97. The van der Waals surface area contributed by atoms with Crippen molar-refractivity contribution in [2.45, 2.75) is 18.8 Å². The van der Waals surface area contributed by atoms with Crippen LogP contribution in [0.25, 0.3) is 0 Å². The Morgan fingerprint density at radius 1 is 1.00 bits per heavy atom. The van der Waals surface area contributed by atoms with Crippen LogP contribution in [0.3, 0.4) is 0 Å². The SMILES string of the molecule is CN=C(NCc1ccc(F)cc1CSC)NCc1ccc(OC)cc1OC.I. The summed E-state index contributed by atoms with van der Waals surface area (Å²) in [5.74, 6) is 2.71. The molecule has 2 aromatic carbocycles. The number of thioether (sulfide) groups is 1. The van der Waals surface area contributed by atoms with Crippen LogP contribution in [-0.4, -0.2) is 33.5 Å². The van der Waals surface area contributed by atoms with Crippen LogP contribution in [0, 0.1) is 5.82 Å². The molecule has 0 bridgehead atoms. The molecule has 0 aliphatic rings. The molecule has 2 N–H and O–H groups in total. The van der Waals surface area contributed by atoms with Gasteiger partial charge < -0.3 is 20.1 Å². The van der Waals surface area contributed by atoms with E-state index in [0.29, 0.717) is 19.0 Å². The number of ether oxygens (including phenoxy) is 2. The van der Waals surface area contributed by atoms with Crippen molar-refractivity contribution in [1.29, 1.82) is 0 Å². The van der Waals surface area contributed by atoms with Gasteiger partial charge in [-0.1, -0.05) is 6.07 Å². The van der Waals surface area contributed by atoms with Crippen LogP contribution in [0.15, 0.2) is 41.4 Å². The molecule has 0 amide bonds. The third-order valence-electron chi connectivity index (χ3n) is 4.08. The first-order valence-electron chi connectivity index (χ1n) is 8.53. The first kappa shape index (κ1) is 24.4. The minimum absolute atomic E-state index is 0. The third-order valence-corrected chi connectivity index (χ3v) is 4.68. The Hall–Kier alpha value is -1.68. The van der Waals surface area contributed by atoms with Crippen molar-refractivity contribution in [2.75, 3.05) is 27.5 Å². The molecular weight excluding hydrogens is 492 g/mol. The van der Waals surface area contributed by atoms with Crippen LogP contribution in [-0.2, 0) is 18.8 Å². The van der Waals surface area contributed by atoms with Crippen molar-refractivity contribution in [1.82, 2.24) is 10.6 Å². The number of benzene rings is 2. The summed E-state index contributed by atoms with van der Waals surface area (Å²) in [6, 6.07) is 10.6. The number of hydrogen-bond acceptors (Lipinski definition) is 4. The summed E-state index contributed by atoms with van der Waals surface area (Å²) in [5, 5.41) is 6.55. The number of nitrogens with zero attached hydrogens (tertiary/aromatic N) is 1. The second kappa shape index (κ2) is 12.7. The highest BCUT2D eigenvalue weighted by molar-refractivity contribution is 14.0. The predicted octanol–water partition coefficient (Wildman–Crippen LogP) is 4.19. The maximum absolute atomic E-state index is 13.5. The van der Waals surface area contributed by atoms with Crippen LogP contribution in [0.2, 0.25) is 0 Å². The average Bonchev–Trinajstić information content (AvgIpc) is 2.69. The Labute approximate surface area is 187 Å². The van der Waals surface area contributed by atoms with Gasteiger partial charge in [-0.3, -0.25) is 4.99 Å². The molecule has 28 heavy (non-hydrogen) atoms. The zero-order valence-corrected chi connectivity index (χ0v) is 19.7. The molecule has 8 heteroatoms. The summed E-state index contributed by atoms with van der Waals surface area (Å²) in [6.45, 7) is 1.11. The van der Waals surface area contributed by atoms with Gasteiger partial charge in [-0.2, -0.15) is 11.8 Å². The van der Waals surface area contributed by atoms with Crippen LogP contribution in [0.5, 0.6) is 11.5 Å². The summed E-state index contributed by atoms with van der Waals surface area (Å²) in [6.07, 6.45) is 2.00. The summed E-state index contributed by atoms with van der Waals surface area (Å²) < 4.78 is 24.1. The minimum Gasteiger partial charge on any atom is -0.497 e. The fourth-order valence-corrected chi connectivity index (χ4v) is 3.21. The summed E-state index contributed by atoms with van der Waals surface area (Å²) in [5.41, 5.74) is 3.03. The van der Waals surface area contributed by atoms with Crippen molar-refractivity contribution in [3.63, 3.8) is 0 Å². The van der Waals surface area contributed by atoms with Gasteiger partial charge >= 0.3 is 0 Å². The standard InChI is InChI=1S/C20H26FN3O2S.HI/c1-22-20(23-11-14-5-7-17(21)9-16(14)13-27-4)24-12-15-6-8-18(25-2)10-19(15)26-3;/h5-10H,11-13H2,1-4H3,(H2,22,23,24);1H. The fourth-order valence-electron chi connectivity index (χ4n) is 2.63. The van der Waals surface area contributed by atoms with Gasteiger partial charge in [0.15, 0.2) is 5.96 Å². The second-order valence-electron chi connectivity index (χ2n) is 5.80. The van der Waals surface area contributed by atoms with E-state index >= 15 is 0 Å². The lowest BCUT2D eigenvalue weighted by Crippen LogP contribution is -2.36. The normalized spacial score (nSPS) is 10.8. The first-order chi connectivity index (χ1) is 13.1. The van der Waals surface area contributed by atoms with E-state index < -0.39 is 0 Å². The van der Waals surface area contributed by atoms with Gasteiger partial charge in [-0.15, -0.1) is 24.0 Å². The Bertz CT molecular complexity index is 790. The van der Waals surface area contributed by atoms with E-state index in [2.05, 4.69) is 15.6 Å². The zero-order chi connectivity index (χ0) is 19.6. The number of hydrogen-bond donors (Lipinski definition) is 2. The number of halogens is 2. The Morgan fingerprint density at radius 2 is 1.68 bits per heavy atom. The maximum Gasteiger partial charge on any atom is 0.191 e. The summed E-state index contributed by atoms with van der Waals surface area (Å²) >= 11 is 1.67. The Balaban J connectivity index is 0.00000392. The third kappa shape index (κ3) is 7.05. The quantitative estimate of drug-likeness (QED) is 0.311. The van der Waals surface area contributed by atoms with E-state index in [-0.39, 0.29) is 29.8 Å². The van der Waals surface area contributed by atoms with E-state index in [4.69, 9.17) is 9.47 Å². The topological polar surface area (TPSA) is 54.9 Å². The number of aliphatic imine (C=N–C) groups is 1. The monoisotopic (exact) mass is 519 g/mol. The molecule has 0 unspecified atom stereocenters. The molecule has 0 radical (unpaired) electrons. The largest absolute Gasteiger partial charge is 0.497 e. The van der Waals surface area contributed by atoms with E-state index in [1.54, 1.807) is 39.1 Å². The Morgan fingerprint density at radius 3 is 2.29 bits per heavy atom. The van der Waals surface area contributed by atoms with Gasteiger partial charge in [0.05, 0.1) is 14.2 Å². The number of nitrogens with one attached hydrogen (secondary N) is 2. The average molecular weight is 519 g/mol. The van der Waals surface area contributed by atoms with Crippen LogP contribution >= 0.6 is 35.7 Å². The molecule has 2 aromatic rings. The smallest absolute Gasteiger partial charge is 0.191 e. The van der Waals surface area contributed by atoms with Gasteiger partial charge in [-0.05, 0) is 41.6 Å². The molecule has 5 nitrogen and oxygen atoms in total. The van der Waals surface area contributed by atoms with Crippen molar-refractivity contribution in [2.24, 2.45) is 4.99 Å². The molecular formula is C20H27FIN3O2S. The molecule has 0 saturated carbocycles. The van der Waals surface area contributed by atoms with Gasteiger partial charge in [0, 0.05) is 37.5 Å². The molecule has 2 rings (SSSR count). The highest BCUT2D eigenvalue weighted by atomic mass is 127. The molecule has 0 spiro atoms. The lowest BCUT2D eigenvalue weighted by atomic mass is 10.1. The first-order valence-corrected chi connectivity index (χ1v) is 9.92. The minimum atomic E-state index is -0.211. The van der Waals surface area contributed by atoms with Gasteiger partial charge in [0.2, 0.25) is 0 Å². The molecule has 0 atom stereocenters. The van der Waals surface area contributed by atoms with Crippen LogP contribution in [0.1, 0.15) is 16.7 Å². The highest BCUT2D eigenvalue weighted by Gasteiger charge is 2.08. The number of methoxy groups -OCH3 is 2. The molecule has 0 aliphatic heterocycles. The Kier molecular flexibility index (Phi) is 11.1. The summed E-state index contributed by atoms with van der Waals surface area (Å²) in [4.78, 5) is 4.25. The van der Waals surface area contributed by atoms with Gasteiger partial charge in [0.25, 0.3) is 0 Å². The molecule has 0 saturated heterocycles. The van der Waals surface area contributed by atoms with E-state index in [1.165, 1.54) is 6.07 Å². The van der Waals surface area contributed by atoms with Crippen molar-refractivity contribution in [3.8, 4) is 11.5 Å². The molecule has 0 aromatic heterocycles. The van der Waals surface area contributed by atoms with E-state index in [1.807, 2.05) is 30.5 Å².